The number of amidine groups is 1. The van der Waals surface area contributed by atoms with E-state index in [-0.39, 0.29) is 37.0 Å². The lowest BCUT2D eigenvalue weighted by atomic mass is 9.93. The number of hydrogen-bond donors (Lipinski definition) is 3. The topological polar surface area (TPSA) is 82.1 Å². The highest BCUT2D eigenvalue weighted by Crippen LogP contribution is 2.33. The predicted molar refractivity (Wildman–Crippen MR) is 152 cm³/mol. The van der Waals surface area contributed by atoms with Gasteiger partial charge in [0.1, 0.15) is 11.6 Å². The van der Waals surface area contributed by atoms with Crippen molar-refractivity contribution in [2.75, 3.05) is 13.1 Å². The highest BCUT2D eigenvalue weighted by molar-refractivity contribution is 6.09. The van der Waals surface area contributed by atoms with Gasteiger partial charge in [-0.05, 0) is 64.5 Å². The van der Waals surface area contributed by atoms with Gasteiger partial charge < -0.3 is 15.9 Å². The Bertz CT molecular complexity index is 1310. The molecule has 4 N–H and O–H groups in total. The van der Waals surface area contributed by atoms with Crippen LogP contribution < -0.4 is 5.73 Å². The van der Waals surface area contributed by atoms with Crippen LogP contribution in [0.4, 0.5) is 5.69 Å². The van der Waals surface area contributed by atoms with E-state index in [9.17, 15) is 10.2 Å². The van der Waals surface area contributed by atoms with Crippen LogP contribution in [0.3, 0.4) is 0 Å². The van der Waals surface area contributed by atoms with E-state index in [4.69, 9.17) is 5.73 Å². The molecular weight excluding hydrogens is 481 g/mol. The van der Waals surface area contributed by atoms with Crippen molar-refractivity contribution in [3.05, 3.63) is 83.9 Å². The summed E-state index contributed by atoms with van der Waals surface area (Å²) in [7, 11) is 0. The Labute approximate surface area is 219 Å². The first-order valence-corrected chi connectivity index (χ1v) is 11.5. The second kappa shape index (κ2) is 12.8. The van der Waals surface area contributed by atoms with Crippen molar-refractivity contribution in [3.63, 3.8) is 0 Å². The fourth-order valence-corrected chi connectivity index (χ4v) is 4.33. The molecule has 0 saturated carbocycles. The average molecular weight is 514 g/mol. The number of aliphatic hydroxyl groups excluding tert-OH is 1. The van der Waals surface area contributed by atoms with Crippen LogP contribution in [0.5, 0.6) is 5.75 Å². The van der Waals surface area contributed by atoms with Gasteiger partial charge in [0.15, 0.2) is 0 Å². The minimum Gasteiger partial charge on any atom is -0.508 e. The van der Waals surface area contributed by atoms with Gasteiger partial charge in [0, 0.05) is 18.5 Å². The van der Waals surface area contributed by atoms with Crippen LogP contribution in [-0.4, -0.2) is 34.0 Å². The van der Waals surface area contributed by atoms with Crippen molar-refractivity contribution in [2.24, 2.45) is 10.7 Å². The van der Waals surface area contributed by atoms with Gasteiger partial charge >= 0.3 is 0 Å². The van der Waals surface area contributed by atoms with E-state index in [1.54, 1.807) is 12.1 Å². The van der Waals surface area contributed by atoms with Crippen LogP contribution in [0.1, 0.15) is 37.5 Å². The standard InChI is InChI=1S/C28H31N3O2.2ClH/c1-3-31(4-2)18-20-15-21(13-14-26(20)32)30-28(29)17-27(33)25-16-19-9-5-6-10-22(19)23-11-7-8-12-24(23)25;;/h5-16,27,32-33H,3-4,17-18H2,1-2H3,(H2,29,30);2*1H. The molecule has 1 atom stereocenters. The molecule has 0 radical (unpaired) electrons. The summed E-state index contributed by atoms with van der Waals surface area (Å²) >= 11 is 0. The van der Waals surface area contributed by atoms with E-state index in [2.05, 4.69) is 41.9 Å². The van der Waals surface area contributed by atoms with Crippen LogP contribution in [0.25, 0.3) is 21.5 Å². The first-order chi connectivity index (χ1) is 16.0. The number of halogens is 2. The van der Waals surface area contributed by atoms with Crippen LogP contribution in [0.2, 0.25) is 0 Å². The Morgan fingerprint density at radius 3 is 2.20 bits per heavy atom. The van der Waals surface area contributed by atoms with Gasteiger partial charge in [-0.1, -0.05) is 62.4 Å². The Morgan fingerprint density at radius 2 is 1.51 bits per heavy atom. The second-order valence-corrected chi connectivity index (χ2v) is 8.33. The number of nitrogens with two attached hydrogens (primary N) is 1. The summed E-state index contributed by atoms with van der Waals surface area (Å²) in [5.74, 6) is 0.598. The van der Waals surface area contributed by atoms with Crippen molar-refractivity contribution >= 4 is 57.9 Å². The first-order valence-electron chi connectivity index (χ1n) is 11.5. The lowest BCUT2D eigenvalue weighted by Gasteiger charge is -2.19. The smallest absolute Gasteiger partial charge is 0.120 e. The van der Waals surface area contributed by atoms with Crippen molar-refractivity contribution in [3.8, 4) is 5.75 Å². The molecule has 0 bridgehead atoms. The van der Waals surface area contributed by atoms with E-state index >= 15 is 0 Å². The second-order valence-electron chi connectivity index (χ2n) is 8.33. The van der Waals surface area contributed by atoms with Crippen LogP contribution in [0.15, 0.2) is 77.8 Å². The molecule has 5 nitrogen and oxygen atoms in total. The number of aliphatic hydroxyl groups is 1. The fourth-order valence-electron chi connectivity index (χ4n) is 4.33. The van der Waals surface area contributed by atoms with Crippen molar-refractivity contribution in [1.29, 1.82) is 0 Å². The zero-order valence-corrected chi connectivity index (χ0v) is 21.6. The summed E-state index contributed by atoms with van der Waals surface area (Å²) in [4.78, 5) is 6.76. The number of hydrogen-bond acceptors (Lipinski definition) is 4. The molecule has 4 aromatic carbocycles. The Morgan fingerprint density at radius 1 is 0.886 bits per heavy atom. The lowest BCUT2D eigenvalue weighted by Crippen LogP contribution is -2.22. The van der Waals surface area contributed by atoms with Crippen LogP contribution in [-0.2, 0) is 6.54 Å². The number of rotatable bonds is 8. The minimum absolute atomic E-state index is 0. The number of aromatic hydroxyl groups is 1. The SMILES string of the molecule is CCN(CC)Cc1cc(N=C(N)CC(O)c2cc3ccccc3c3ccccc23)ccc1O.Cl.Cl. The maximum Gasteiger partial charge on any atom is 0.120 e. The highest BCUT2D eigenvalue weighted by Gasteiger charge is 2.15. The van der Waals surface area contributed by atoms with Crippen LogP contribution in [0, 0.1) is 0 Å². The molecule has 0 spiro atoms. The summed E-state index contributed by atoms with van der Waals surface area (Å²) in [5.41, 5.74) is 8.59. The van der Waals surface area contributed by atoms with Crippen molar-refractivity contribution in [2.45, 2.75) is 32.9 Å². The quantitative estimate of drug-likeness (QED) is 0.143. The molecule has 4 aromatic rings. The number of aliphatic imine (C=N–C) groups is 1. The number of fused-ring (bicyclic) bond motifs is 3. The van der Waals surface area contributed by atoms with Crippen LogP contribution >= 0.6 is 24.8 Å². The Hall–Kier alpha value is -2.83. The van der Waals surface area contributed by atoms with E-state index in [1.807, 2.05) is 42.5 Å². The van der Waals surface area contributed by atoms with Crippen molar-refractivity contribution in [1.82, 2.24) is 4.90 Å². The van der Waals surface area contributed by atoms with E-state index < -0.39 is 6.10 Å². The zero-order chi connectivity index (χ0) is 23.4. The van der Waals surface area contributed by atoms with Gasteiger partial charge in [0.25, 0.3) is 0 Å². The molecule has 186 valence electrons. The molecule has 35 heavy (non-hydrogen) atoms. The van der Waals surface area contributed by atoms with E-state index in [1.165, 1.54) is 0 Å². The summed E-state index contributed by atoms with van der Waals surface area (Å²) in [6.45, 7) is 6.64. The Balaban J connectivity index is 0.00000216. The zero-order valence-electron chi connectivity index (χ0n) is 20.0. The molecule has 0 amide bonds. The largest absolute Gasteiger partial charge is 0.508 e. The van der Waals surface area contributed by atoms with E-state index in [0.717, 1.165) is 45.8 Å². The molecule has 0 aliphatic rings. The molecule has 0 fully saturated rings. The molecule has 1 unspecified atom stereocenters. The number of phenols is 1. The number of phenolic OH excluding ortho intramolecular Hbond substituents is 1. The van der Waals surface area contributed by atoms with Gasteiger partial charge in [-0.15, -0.1) is 24.8 Å². The molecule has 0 aliphatic heterocycles. The number of benzene rings is 4. The summed E-state index contributed by atoms with van der Waals surface area (Å²) in [6.07, 6.45) is -0.565. The molecule has 0 saturated heterocycles. The molecule has 0 heterocycles. The lowest BCUT2D eigenvalue weighted by molar-refractivity contribution is 0.188. The molecule has 0 aromatic heterocycles. The highest BCUT2D eigenvalue weighted by atomic mass is 35.5. The monoisotopic (exact) mass is 513 g/mol. The summed E-state index contributed by atoms with van der Waals surface area (Å²) in [5, 5.41) is 25.7. The third-order valence-corrected chi connectivity index (χ3v) is 6.19. The van der Waals surface area contributed by atoms with Crippen molar-refractivity contribution < 1.29 is 10.2 Å². The number of nitrogens with zero attached hydrogens (tertiary/aromatic N) is 2. The molecule has 7 heteroatoms. The minimum atomic E-state index is -0.782. The van der Waals surface area contributed by atoms with Gasteiger partial charge in [0.2, 0.25) is 0 Å². The molecular formula is C28H33Cl2N3O2. The third-order valence-electron chi connectivity index (χ3n) is 6.19. The average Bonchev–Trinajstić information content (AvgIpc) is 2.83. The third kappa shape index (κ3) is 6.44. The van der Waals surface area contributed by atoms with Gasteiger partial charge in [-0.3, -0.25) is 4.90 Å². The fraction of sp³-hybridized carbons (Fsp3) is 0.250. The van der Waals surface area contributed by atoms with Gasteiger partial charge in [-0.25, -0.2) is 4.99 Å². The summed E-state index contributed by atoms with van der Waals surface area (Å²) < 4.78 is 0. The Kier molecular flexibility index (Phi) is 10.3. The summed E-state index contributed by atoms with van der Waals surface area (Å²) in [6, 6.07) is 23.6. The van der Waals surface area contributed by atoms with Gasteiger partial charge in [0.05, 0.1) is 11.8 Å². The maximum atomic E-state index is 11.1. The normalized spacial score (nSPS) is 12.4. The molecule has 0 aliphatic carbocycles. The maximum absolute atomic E-state index is 11.1. The van der Waals surface area contributed by atoms with E-state index in [0.29, 0.717) is 18.1 Å². The predicted octanol–water partition coefficient (Wildman–Crippen LogP) is 6.50. The van der Waals surface area contributed by atoms with Gasteiger partial charge in [-0.2, -0.15) is 0 Å². The first kappa shape index (κ1) is 28.4. The molecule has 4 rings (SSSR count).